The lowest BCUT2D eigenvalue weighted by atomic mass is 10.1. The van der Waals surface area contributed by atoms with Gasteiger partial charge in [-0.05, 0) is 30.3 Å². The highest BCUT2D eigenvalue weighted by molar-refractivity contribution is 7.99. The molecule has 0 radical (unpaired) electrons. The number of amides is 1. The number of hydrogen-bond acceptors (Lipinski definition) is 7. The number of thiazole rings is 1. The Morgan fingerprint density at radius 2 is 2.00 bits per heavy atom. The van der Waals surface area contributed by atoms with E-state index in [1.54, 1.807) is 29.6 Å². The van der Waals surface area contributed by atoms with Crippen molar-refractivity contribution in [2.45, 2.75) is 11.3 Å². The van der Waals surface area contributed by atoms with Gasteiger partial charge in [0.1, 0.15) is 11.4 Å². The predicted molar refractivity (Wildman–Crippen MR) is 100 cm³/mol. The van der Waals surface area contributed by atoms with E-state index in [4.69, 9.17) is 4.74 Å². The van der Waals surface area contributed by atoms with Gasteiger partial charge in [0.15, 0.2) is 10.3 Å². The van der Waals surface area contributed by atoms with E-state index in [1.165, 1.54) is 24.6 Å². The van der Waals surface area contributed by atoms with Crippen LogP contribution in [0.3, 0.4) is 0 Å². The first-order valence-corrected chi connectivity index (χ1v) is 9.64. The molecule has 6 nitrogen and oxygen atoms in total. The predicted octanol–water partition coefficient (Wildman–Crippen LogP) is 4.36. The molecule has 2 heterocycles. The van der Waals surface area contributed by atoms with Crippen molar-refractivity contribution in [2.24, 2.45) is 0 Å². The van der Waals surface area contributed by atoms with Crippen LogP contribution in [-0.4, -0.2) is 33.7 Å². The van der Waals surface area contributed by atoms with Crippen LogP contribution >= 0.6 is 23.1 Å². The summed E-state index contributed by atoms with van der Waals surface area (Å²) in [7, 11) is 1.49. The number of halogens is 3. The molecule has 0 atom stereocenters. The second-order valence-corrected chi connectivity index (χ2v) is 7.16. The van der Waals surface area contributed by atoms with Crippen LogP contribution < -0.4 is 10.1 Å². The first kappa shape index (κ1) is 20.1. The van der Waals surface area contributed by atoms with Crippen LogP contribution in [-0.2, 0) is 11.0 Å². The fourth-order valence-electron chi connectivity index (χ4n) is 2.12. The Hall–Kier alpha value is -2.66. The van der Waals surface area contributed by atoms with Crippen molar-refractivity contribution < 1.29 is 22.7 Å². The van der Waals surface area contributed by atoms with Gasteiger partial charge >= 0.3 is 6.18 Å². The van der Waals surface area contributed by atoms with Crippen molar-refractivity contribution in [3.8, 4) is 17.0 Å². The van der Waals surface area contributed by atoms with Gasteiger partial charge in [-0.2, -0.15) is 13.2 Å². The molecule has 2 aromatic heterocycles. The van der Waals surface area contributed by atoms with Crippen molar-refractivity contribution in [1.82, 2.24) is 15.0 Å². The summed E-state index contributed by atoms with van der Waals surface area (Å²) >= 11 is 2.05. The van der Waals surface area contributed by atoms with Gasteiger partial charge in [-0.15, -0.1) is 11.3 Å². The Morgan fingerprint density at radius 3 is 2.61 bits per heavy atom. The van der Waals surface area contributed by atoms with Gasteiger partial charge in [-0.25, -0.2) is 15.0 Å². The van der Waals surface area contributed by atoms with E-state index in [0.717, 1.165) is 17.8 Å². The van der Waals surface area contributed by atoms with Crippen LogP contribution in [0.4, 0.5) is 18.3 Å². The smallest absolute Gasteiger partial charge is 0.433 e. The molecule has 0 bridgehead atoms. The summed E-state index contributed by atoms with van der Waals surface area (Å²) in [6, 6.07) is 7.33. The lowest BCUT2D eigenvalue weighted by Gasteiger charge is -2.11. The number of benzene rings is 1. The summed E-state index contributed by atoms with van der Waals surface area (Å²) in [6.45, 7) is 0. The molecule has 1 amide bonds. The molecular formula is C17H13F3N4O2S2. The van der Waals surface area contributed by atoms with Crippen LogP contribution in [0.2, 0.25) is 0 Å². The van der Waals surface area contributed by atoms with E-state index in [2.05, 4.69) is 20.3 Å². The summed E-state index contributed by atoms with van der Waals surface area (Å²) in [5.74, 6) is 0.0115. The summed E-state index contributed by atoms with van der Waals surface area (Å²) < 4.78 is 44.7. The van der Waals surface area contributed by atoms with Crippen LogP contribution in [0.1, 0.15) is 5.69 Å². The molecule has 0 aliphatic carbocycles. The number of nitrogens with zero attached hydrogens (tertiary/aromatic N) is 3. The third-order valence-corrected chi connectivity index (χ3v) is 4.93. The normalized spacial score (nSPS) is 11.3. The van der Waals surface area contributed by atoms with Gasteiger partial charge in [0, 0.05) is 17.1 Å². The van der Waals surface area contributed by atoms with Crippen molar-refractivity contribution >= 4 is 34.1 Å². The Labute approximate surface area is 166 Å². The molecule has 0 saturated carbocycles. The first-order valence-electron chi connectivity index (χ1n) is 7.78. The molecular weight excluding hydrogens is 413 g/mol. The number of carbonyl (C=O) groups is 1. The largest absolute Gasteiger partial charge is 0.497 e. The topological polar surface area (TPSA) is 77.0 Å². The average molecular weight is 426 g/mol. The maximum atomic E-state index is 13.2. The molecule has 146 valence electrons. The zero-order chi connectivity index (χ0) is 20.1. The second kappa shape index (κ2) is 8.57. The Balaban J connectivity index is 1.82. The summed E-state index contributed by atoms with van der Waals surface area (Å²) in [5, 5.41) is 4.51. The molecule has 0 spiro atoms. The number of nitrogens with one attached hydrogen (secondary N) is 1. The highest BCUT2D eigenvalue weighted by Gasteiger charge is 2.34. The molecule has 3 rings (SSSR count). The van der Waals surface area contributed by atoms with Gasteiger partial charge in [0.05, 0.1) is 18.6 Å². The van der Waals surface area contributed by atoms with Gasteiger partial charge < -0.3 is 10.1 Å². The molecule has 0 fully saturated rings. The highest BCUT2D eigenvalue weighted by Crippen LogP contribution is 2.32. The van der Waals surface area contributed by atoms with Crippen LogP contribution in [0.5, 0.6) is 5.75 Å². The van der Waals surface area contributed by atoms with E-state index in [0.29, 0.717) is 16.4 Å². The minimum Gasteiger partial charge on any atom is -0.497 e. The molecule has 28 heavy (non-hydrogen) atoms. The molecule has 1 aromatic carbocycles. The summed E-state index contributed by atoms with van der Waals surface area (Å²) in [5.41, 5.74) is -0.494. The van der Waals surface area contributed by atoms with E-state index in [-0.39, 0.29) is 16.6 Å². The van der Waals surface area contributed by atoms with Crippen molar-refractivity contribution in [1.29, 1.82) is 0 Å². The lowest BCUT2D eigenvalue weighted by molar-refractivity contribution is -0.141. The van der Waals surface area contributed by atoms with Crippen molar-refractivity contribution in [3.63, 3.8) is 0 Å². The van der Waals surface area contributed by atoms with Crippen molar-refractivity contribution in [3.05, 3.63) is 47.6 Å². The summed E-state index contributed by atoms with van der Waals surface area (Å²) in [4.78, 5) is 23.5. The van der Waals surface area contributed by atoms with Crippen LogP contribution in [0.25, 0.3) is 11.3 Å². The molecule has 0 aliphatic rings. The molecule has 0 aliphatic heterocycles. The number of carbonyl (C=O) groups excluding carboxylic acids is 1. The lowest BCUT2D eigenvalue weighted by Crippen LogP contribution is -2.15. The van der Waals surface area contributed by atoms with Gasteiger partial charge in [-0.1, -0.05) is 11.8 Å². The second-order valence-electron chi connectivity index (χ2n) is 5.32. The van der Waals surface area contributed by atoms with E-state index in [9.17, 15) is 18.0 Å². The highest BCUT2D eigenvalue weighted by atomic mass is 32.2. The molecule has 3 aromatic rings. The number of aromatic nitrogens is 3. The fraction of sp³-hybridized carbons (Fsp3) is 0.176. The van der Waals surface area contributed by atoms with Gasteiger partial charge in [-0.3, -0.25) is 4.79 Å². The van der Waals surface area contributed by atoms with E-state index in [1.807, 2.05) is 0 Å². The third kappa shape index (κ3) is 5.20. The van der Waals surface area contributed by atoms with E-state index < -0.39 is 17.8 Å². The van der Waals surface area contributed by atoms with Crippen LogP contribution in [0.15, 0.2) is 47.1 Å². The minimum absolute atomic E-state index is 0.104. The van der Waals surface area contributed by atoms with Crippen LogP contribution in [0, 0.1) is 0 Å². The number of thioether (sulfide) groups is 1. The number of anilines is 1. The number of methoxy groups -OCH3 is 1. The zero-order valence-corrected chi connectivity index (χ0v) is 16.0. The van der Waals surface area contributed by atoms with Crippen molar-refractivity contribution in [2.75, 3.05) is 18.2 Å². The Kier molecular flexibility index (Phi) is 6.15. The SMILES string of the molecule is COc1ccc(-c2cc(C(F)(F)F)nc(SCC(=O)Nc3nccs3)n2)cc1. The Bertz CT molecular complexity index is 948. The maximum Gasteiger partial charge on any atom is 0.433 e. The van der Waals surface area contributed by atoms with Gasteiger partial charge in [0.2, 0.25) is 5.91 Å². The standard InChI is InChI=1S/C17H13F3N4O2S2/c1-26-11-4-2-10(3-5-11)12-8-13(17(18,19)20)23-16(22-12)28-9-14(25)24-15-21-6-7-27-15/h2-8H,9H2,1H3,(H,21,24,25). The van der Waals surface area contributed by atoms with E-state index >= 15 is 0 Å². The molecule has 1 N–H and O–H groups in total. The minimum atomic E-state index is -4.64. The quantitative estimate of drug-likeness (QED) is 0.466. The molecule has 11 heteroatoms. The molecule has 0 saturated heterocycles. The van der Waals surface area contributed by atoms with Gasteiger partial charge in [0.25, 0.3) is 0 Å². The zero-order valence-electron chi connectivity index (χ0n) is 14.4. The number of rotatable bonds is 6. The Morgan fingerprint density at radius 1 is 1.25 bits per heavy atom. The average Bonchev–Trinajstić information content (AvgIpc) is 3.18. The fourth-order valence-corrected chi connectivity index (χ4v) is 3.32. The number of ether oxygens (including phenoxy) is 1. The monoisotopic (exact) mass is 426 g/mol. The molecule has 0 unspecified atom stereocenters. The first-order chi connectivity index (χ1) is 13.3. The third-order valence-electron chi connectivity index (χ3n) is 3.39. The number of alkyl halides is 3. The summed E-state index contributed by atoms with van der Waals surface area (Å²) in [6.07, 6.45) is -3.10. The maximum absolute atomic E-state index is 13.2. The number of hydrogen-bond donors (Lipinski definition) is 1.